The van der Waals surface area contributed by atoms with E-state index in [1.54, 1.807) is 0 Å². The minimum atomic E-state index is -1.18. The zero-order valence-corrected chi connectivity index (χ0v) is 6.49. The van der Waals surface area contributed by atoms with Gasteiger partial charge in [0.05, 0.1) is 6.54 Å². The second kappa shape index (κ2) is 5.50. The van der Waals surface area contributed by atoms with Gasteiger partial charge in [0.1, 0.15) is 6.04 Å². The summed E-state index contributed by atoms with van der Waals surface area (Å²) in [6.45, 7) is -0.545. The molecule has 0 aromatic carbocycles. The van der Waals surface area contributed by atoms with Gasteiger partial charge >= 0.3 is 5.97 Å². The molecule has 0 aromatic rings. The first-order valence-electron chi connectivity index (χ1n) is 3.45. The first-order chi connectivity index (χ1) is 5.61. The number of rotatable bonds is 5. The first-order valence-corrected chi connectivity index (χ1v) is 3.45. The lowest BCUT2D eigenvalue weighted by atomic mass is 10.2. The van der Waals surface area contributed by atoms with Crippen LogP contribution in [0.15, 0.2) is 0 Å². The zero-order valence-electron chi connectivity index (χ0n) is 6.49. The van der Waals surface area contributed by atoms with Crippen LogP contribution in [0, 0.1) is 0 Å². The van der Waals surface area contributed by atoms with Gasteiger partial charge in [-0.2, -0.15) is 0 Å². The predicted molar refractivity (Wildman–Crippen MR) is 40.3 cm³/mol. The Labute approximate surface area is 69.4 Å². The summed E-state index contributed by atoms with van der Waals surface area (Å²) in [5.74, 6) is -1.72. The van der Waals surface area contributed by atoms with E-state index in [1.165, 1.54) is 0 Å². The summed E-state index contributed by atoms with van der Waals surface area (Å²) in [6, 6.07) is -1.05. The molecule has 6 heteroatoms. The Hall–Kier alpha value is -1.14. The van der Waals surface area contributed by atoms with Crippen molar-refractivity contribution in [3.8, 4) is 0 Å². The van der Waals surface area contributed by atoms with Gasteiger partial charge in [0.15, 0.2) is 0 Å². The van der Waals surface area contributed by atoms with E-state index in [2.05, 4.69) is 5.32 Å². The molecule has 0 radical (unpaired) electrons. The highest BCUT2D eigenvalue weighted by Crippen LogP contribution is 1.90. The van der Waals surface area contributed by atoms with E-state index in [1.807, 2.05) is 0 Å². The van der Waals surface area contributed by atoms with Gasteiger partial charge in [0.2, 0.25) is 5.91 Å². The Morgan fingerprint density at radius 1 is 1.50 bits per heavy atom. The molecule has 0 spiro atoms. The fourth-order valence-electron chi connectivity index (χ4n) is 0.640. The lowest BCUT2D eigenvalue weighted by Gasteiger charge is -2.11. The van der Waals surface area contributed by atoms with E-state index in [9.17, 15) is 9.59 Å². The average Bonchev–Trinajstić information content (AvgIpc) is 2.03. The van der Waals surface area contributed by atoms with Gasteiger partial charge in [-0.05, 0) is 0 Å². The largest absolute Gasteiger partial charge is 0.480 e. The molecule has 0 saturated carbocycles. The van der Waals surface area contributed by atoms with Crippen molar-refractivity contribution < 1.29 is 19.8 Å². The molecule has 0 unspecified atom stereocenters. The molecule has 0 rings (SSSR count). The first kappa shape index (κ1) is 10.9. The van der Waals surface area contributed by atoms with Crippen molar-refractivity contribution in [2.45, 2.75) is 12.5 Å². The summed E-state index contributed by atoms with van der Waals surface area (Å²) in [5.41, 5.74) is 4.95. The van der Waals surface area contributed by atoms with Crippen molar-refractivity contribution in [3.63, 3.8) is 0 Å². The molecule has 1 amide bonds. The molecule has 0 saturated heterocycles. The van der Waals surface area contributed by atoms with Crippen molar-refractivity contribution in [2.24, 2.45) is 5.73 Å². The molecule has 0 heterocycles. The maximum Gasteiger partial charge on any atom is 0.326 e. The summed E-state index contributed by atoms with van der Waals surface area (Å²) < 4.78 is 0. The lowest BCUT2D eigenvalue weighted by Crippen LogP contribution is -2.43. The summed E-state index contributed by atoms with van der Waals surface area (Å²) in [4.78, 5) is 21.0. The number of carbonyl (C=O) groups excluding carboxylic acids is 1. The second-order valence-electron chi connectivity index (χ2n) is 2.17. The van der Waals surface area contributed by atoms with Crippen LogP contribution in [0.25, 0.3) is 0 Å². The van der Waals surface area contributed by atoms with Crippen molar-refractivity contribution in [1.82, 2.24) is 5.32 Å². The van der Waals surface area contributed by atoms with Crippen LogP contribution in [0.5, 0.6) is 0 Å². The number of hydrogen-bond donors (Lipinski definition) is 4. The number of aliphatic hydroxyl groups excluding tert-OH is 1. The van der Waals surface area contributed by atoms with Crippen LogP contribution >= 0.6 is 0 Å². The fraction of sp³-hybridized carbons (Fsp3) is 0.667. The zero-order chi connectivity index (χ0) is 9.56. The molecule has 70 valence electrons. The highest BCUT2D eigenvalue weighted by atomic mass is 16.4. The van der Waals surface area contributed by atoms with Gasteiger partial charge in [0.25, 0.3) is 0 Å². The van der Waals surface area contributed by atoms with Crippen molar-refractivity contribution in [3.05, 3.63) is 0 Å². The third-order valence-electron chi connectivity index (χ3n) is 1.24. The minimum absolute atomic E-state index is 0.0128. The molecule has 0 bridgehead atoms. The van der Waals surface area contributed by atoms with Crippen LogP contribution in [0.4, 0.5) is 0 Å². The van der Waals surface area contributed by atoms with Crippen molar-refractivity contribution in [1.29, 1.82) is 0 Å². The highest BCUT2D eigenvalue weighted by molar-refractivity contribution is 5.84. The van der Waals surface area contributed by atoms with Gasteiger partial charge in [-0.3, -0.25) is 4.79 Å². The van der Waals surface area contributed by atoms with E-state index in [0.29, 0.717) is 0 Å². The number of nitrogens with two attached hydrogens (primary N) is 1. The number of carbonyl (C=O) groups is 2. The SMILES string of the molecule is NCC(=O)N[C@H](CCO)C(=O)O. The molecule has 0 aliphatic heterocycles. The molecule has 0 aliphatic carbocycles. The maximum absolute atomic E-state index is 10.6. The van der Waals surface area contributed by atoms with Crippen LogP contribution < -0.4 is 11.1 Å². The fourth-order valence-corrected chi connectivity index (χ4v) is 0.640. The molecular formula is C6H12N2O4. The minimum Gasteiger partial charge on any atom is -0.480 e. The van der Waals surface area contributed by atoms with Crippen LogP contribution in [-0.4, -0.2) is 41.3 Å². The molecule has 1 atom stereocenters. The van der Waals surface area contributed by atoms with Crippen LogP contribution in [0.2, 0.25) is 0 Å². The Morgan fingerprint density at radius 2 is 2.08 bits per heavy atom. The number of hydrogen-bond acceptors (Lipinski definition) is 4. The van der Waals surface area contributed by atoms with E-state index in [0.717, 1.165) is 0 Å². The van der Waals surface area contributed by atoms with E-state index < -0.39 is 17.9 Å². The lowest BCUT2D eigenvalue weighted by molar-refractivity contribution is -0.142. The molecule has 6 nitrogen and oxygen atoms in total. The standard InChI is InChI=1S/C6H12N2O4/c7-3-5(10)8-4(1-2-9)6(11)12/h4,9H,1-3,7H2,(H,8,10)(H,11,12)/t4-/m1/s1. The number of carboxylic acid groups (broad SMARTS) is 1. The molecule has 12 heavy (non-hydrogen) atoms. The summed E-state index contributed by atoms with van der Waals surface area (Å²) in [6.07, 6.45) is -0.0128. The Balaban J connectivity index is 3.95. The van der Waals surface area contributed by atoms with Gasteiger partial charge in [-0.15, -0.1) is 0 Å². The predicted octanol–water partition coefficient (Wildman–Crippen LogP) is -2.10. The number of aliphatic carboxylic acids is 1. The quantitative estimate of drug-likeness (QED) is 0.383. The third kappa shape index (κ3) is 3.89. The Bertz CT molecular complexity index is 169. The summed E-state index contributed by atoms with van der Waals surface area (Å²) in [5, 5.41) is 19.1. The maximum atomic E-state index is 10.6. The molecule has 5 N–H and O–H groups in total. The van der Waals surface area contributed by atoms with Crippen molar-refractivity contribution >= 4 is 11.9 Å². The highest BCUT2D eigenvalue weighted by Gasteiger charge is 2.17. The summed E-state index contributed by atoms with van der Waals surface area (Å²) >= 11 is 0. The molecular weight excluding hydrogens is 164 g/mol. The number of carboxylic acids is 1. The Morgan fingerprint density at radius 3 is 2.42 bits per heavy atom. The number of amides is 1. The van der Waals surface area contributed by atoms with Crippen LogP contribution in [-0.2, 0) is 9.59 Å². The van der Waals surface area contributed by atoms with E-state index in [-0.39, 0.29) is 19.6 Å². The second-order valence-corrected chi connectivity index (χ2v) is 2.17. The van der Waals surface area contributed by atoms with Crippen LogP contribution in [0.1, 0.15) is 6.42 Å². The smallest absolute Gasteiger partial charge is 0.326 e. The number of nitrogens with one attached hydrogen (secondary N) is 1. The van der Waals surface area contributed by atoms with Gasteiger partial charge < -0.3 is 21.3 Å². The van der Waals surface area contributed by atoms with Gasteiger partial charge in [0, 0.05) is 13.0 Å². The molecule has 0 aliphatic rings. The van der Waals surface area contributed by atoms with Gasteiger partial charge in [-0.25, -0.2) is 4.79 Å². The number of aliphatic hydroxyl groups is 1. The summed E-state index contributed by atoms with van der Waals surface area (Å²) in [7, 11) is 0. The van der Waals surface area contributed by atoms with E-state index in [4.69, 9.17) is 15.9 Å². The molecule has 0 fully saturated rings. The van der Waals surface area contributed by atoms with Crippen LogP contribution in [0.3, 0.4) is 0 Å². The third-order valence-corrected chi connectivity index (χ3v) is 1.24. The normalized spacial score (nSPS) is 12.2. The monoisotopic (exact) mass is 176 g/mol. The average molecular weight is 176 g/mol. The Kier molecular flexibility index (Phi) is 4.98. The van der Waals surface area contributed by atoms with Crippen molar-refractivity contribution in [2.75, 3.05) is 13.2 Å². The topological polar surface area (TPSA) is 113 Å². The molecule has 0 aromatic heterocycles. The van der Waals surface area contributed by atoms with E-state index >= 15 is 0 Å². The van der Waals surface area contributed by atoms with Gasteiger partial charge in [-0.1, -0.05) is 0 Å².